The van der Waals surface area contributed by atoms with E-state index in [1.54, 1.807) is 19.2 Å². The second-order valence-electron chi connectivity index (χ2n) is 3.83. The summed E-state index contributed by atoms with van der Waals surface area (Å²) < 4.78 is 18.6. The second kappa shape index (κ2) is 7.66. The van der Waals surface area contributed by atoms with Crippen LogP contribution in [0.2, 0.25) is 0 Å². The monoisotopic (exact) mass is 254 g/mol. The van der Waals surface area contributed by atoms with Gasteiger partial charge in [0.15, 0.2) is 11.6 Å². The Morgan fingerprint density at radius 1 is 1.44 bits per heavy atom. The fourth-order valence-corrected chi connectivity index (χ4v) is 1.54. The Morgan fingerprint density at radius 2 is 2.22 bits per heavy atom. The summed E-state index contributed by atoms with van der Waals surface area (Å²) in [6.45, 7) is 3.03. The minimum Gasteiger partial charge on any atom is -0.491 e. The van der Waals surface area contributed by atoms with Crippen molar-refractivity contribution in [1.29, 1.82) is 0 Å². The summed E-state index contributed by atoms with van der Waals surface area (Å²) in [4.78, 5) is 11.2. The number of benzene rings is 1. The van der Waals surface area contributed by atoms with Crippen LogP contribution in [0.4, 0.5) is 4.39 Å². The molecule has 2 N–H and O–H groups in total. The summed E-state index contributed by atoms with van der Waals surface area (Å²) in [6, 6.07) is 4.86. The highest BCUT2D eigenvalue weighted by Gasteiger charge is 2.04. The highest BCUT2D eigenvalue weighted by Crippen LogP contribution is 2.18. The minimum atomic E-state index is -0.365. The largest absolute Gasteiger partial charge is 0.491 e. The molecule has 0 aliphatic rings. The highest BCUT2D eigenvalue weighted by atomic mass is 19.1. The fraction of sp³-hybridized carbons (Fsp3) is 0.462. The van der Waals surface area contributed by atoms with E-state index in [1.807, 2.05) is 6.92 Å². The average molecular weight is 254 g/mol. The van der Waals surface area contributed by atoms with Gasteiger partial charge in [-0.05, 0) is 38.1 Å². The maximum absolute atomic E-state index is 13.5. The van der Waals surface area contributed by atoms with Gasteiger partial charge in [-0.3, -0.25) is 4.79 Å². The SMILES string of the molecule is CCOc1ccc(CCNC(=O)CNC)cc1F. The predicted molar refractivity (Wildman–Crippen MR) is 68.2 cm³/mol. The number of likely N-dealkylation sites (N-methyl/N-ethyl adjacent to an activating group) is 1. The fourth-order valence-electron chi connectivity index (χ4n) is 1.54. The third kappa shape index (κ3) is 4.71. The number of hydrogen-bond donors (Lipinski definition) is 2. The molecule has 0 atom stereocenters. The van der Waals surface area contributed by atoms with Gasteiger partial charge in [-0.2, -0.15) is 0 Å². The molecule has 0 spiro atoms. The molecular weight excluding hydrogens is 235 g/mol. The molecule has 18 heavy (non-hydrogen) atoms. The molecule has 5 heteroatoms. The van der Waals surface area contributed by atoms with E-state index in [2.05, 4.69) is 10.6 Å². The Labute approximate surface area is 107 Å². The molecule has 0 bridgehead atoms. The van der Waals surface area contributed by atoms with Crippen molar-refractivity contribution in [2.75, 3.05) is 26.7 Å². The molecule has 1 rings (SSSR count). The lowest BCUT2D eigenvalue weighted by Crippen LogP contribution is -2.33. The molecule has 4 nitrogen and oxygen atoms in total. The first-order chi connectivity index (χ1) is 8.67. The summed E-state index contributed by atoms with van der Waals surface area (Å²) in [5.74, 6) is -0.166. The molecule has 0 saturated heterocycles. The summed E-state index contributed by atoms with van der Waals surface area (Å²) >= 11 is 0. The van der Waals surface area contributed by atoms with Crippen molar-refractivity contribution in [3.05, 3.63) is 29.6 Å². The van der Waals surface area contributed by atoms with Gasteiger partial charge in [0, 0.05) is 6.54 Å². The maximum atomic E-state index is 13.5. The number of halogens is 1. The molecule has 0 aliphatic heterocycles. The van der Waals surface area contributed by atoms with E-state index in [0.717, 1.165) is 5.56 Å². The van der Waals surface area contributed by atoms with Crippen molar-refractivity contribution in [3.8, 4) is 5.75 Å². The Morgan fingerprint density at radius 3 is 2.83 bits per heavy atom. The lowest BCUT2D eigenvalue weighted by atomic mass is 10.1. The quantitative estimate of drug-likeness (QED) is 0.766. The molecule has 0 unspecified atom stereocenters. The van der Waals surface area contributed by atoms with Crippen LogP contribution in [0.15, 0.2) is 18.2 Å². The van der Waals surface area contributed by atoms with E-state index >= 15 is 0 Å². The summed E-state index contributed by atoms with van der Waals surface area (Å²) in [5, 5.41) is 5.49. The van der Waals surface area contributed by atoms with Crippen LogP contribution in [0.1, 0.15) is 12.5 Å². The van der Waals surface area contributed by atoms with E-state index in [4.69, 9.17) is 4.74 Å². The maximum Gasteiger partial charge on any atom is 0.233 e. The van der Waals surface area contributed by atoms with E-state index in [1.165, 1.54) is 6.07 Å². The smallest absolute Gasteiger partial charge is 0.233 e. The average Bonchev–Trinajstić information content (AvgIpc) is 2.33. The Balaban J connectivity index is 2.43. The summed E-state index contributed by atoms with van der Waals surface area (Å²) in [6.07, 6.45) is 0.596. The van der Waals surface area contributed by atoms with Crippen molar-refractivity contribution >= 4 is 5.91 Å². The molecule has 0 fully saturated rings. The molecule has 0 aliphatic carbocycles. The lowest BCUT2D eigenvalue weighted by molar-refractivity contribution is -0.120. The molecule has 0 radical (unpaired) electrons. The molecule has 1 amide bonds. The Bertz CT molecular complexity index is 397. The van der Waals surface area contributed by atoms with Gasteiger partial charge in [-0.15, -0.1) is 0 Å². The van der Waals surface area contributed by atoms with Gasteiger partial charge >= 0.3 is 0 Å². The van der Waals surface area contributed by atoms with Crippen LogP contribution in [-0.4, -0.2) is 32.7 Å². The van der Waals surface area contributed by atoms with Crippen LogP contribution in [0.25, 0.3) is 0 Å². The van der Waals surface area contributed by atoms with Crippen LogP contribution in [0, 0.1) is 5.82 Å². The number of ether oxygens (including phenoxy) is 1. The first-order valence-corrected chi connectivity index (χ1v) is 6.00. The van der Waals surface area contributed by atoms with Crippen molar-refractivity contribution in [2.45, 2.75) is 13.3 Å². The van der Waals surface area contributed by atoms with Crippen LogP contribution in [-0.2, 0) is 11.2 Å². The standard InChI is InChI=1S/C13H19FN2O2/c1-3-18-12-5-4-10(8-11(12)14)6-7-16-13(17)9-15-2/h4-5,8,15H,3,6-7,9H2,1-2H3,(H,16,17). The highest BCUT2D eigenvalue weighted by molar-refractivity contribution is 5.77. The molecule has 0 saturated carbocycles. The van der Waals surface area contributed by atoms with Crippen LogP contribution in [0.3, 0.4) is 0 Å². The van der Waals surface area contributed by atoms with Gasteiger partial charge in [-0.25, -0.2) is 4.39 Å². The normalized spacial score (nSPS) is 10.2. The van der Waals surface area contributed by atoms with E-state index in [0.29, 0.717) is 19.6 Å². The number of rotatable bonds is 7. The van der Waals surface area contributed by atoms with Crippen molar-refractivity contribution in [2.24, 2.45) is 0 Å². The second-order valence-corrected chi connectivity index (χ2v) is 3.83. The van der Waals surface area contributed by atoms with Crippen molar-refractivity contribution in [1.82, 2.24) is 10.6 Å². The number of nitrogens with one attached hydrogen (secondary N) is 2. The number of carbonyl (C=O) groups excluding carboxylic acids is 1. The molecule has 1 aromatic carbocycles. The topological polar surface area (TPSA) is 50.4 Å². The first kappa shape index (κ1) is 14.4. The van der Waals surface area contributed by atoms with Gasteiger partial charge in [0.2, 0.25) is 5.91 Å². The van der Waals surface area contributed by atoms with Crippen molar-refractivity contribution < 1.29 is 13.9 Å². The van der Waals surface area contributed by atoms with Gasteiger partial charge in [-0.1, -0.05) is 6.07 Å². The third-order valence-corrected chi connectivity index (χ3v) is 2.37. The molecule has 0 aromatic heterocycles. The Kier molecular flexibility index (Phi) is 6.14. The number of amides is 1. The van der Waals surface area contributed by atoms with E-state index in [-0.39, 0.29) is 24.0 Å². The van der Waals surface area contributed by atoms with Crippen LogP contribution >= 0.6 is 0 Å². The summed E-state index contributed by atoms with van der Waals surface area (Å²) in [7, 11) is 1.71. The number of carbonyl (C=O) groups is 1. The van der Waals surface area contributed by atoms with E-state index in [9.17, 15) is 9.18 Å². The van der Waals surface area contributed by atoms with Crippen LogP contribution < -0.4 is 15.4 Å². The van der Waals surface area contributed by atoms with E-state index < -0.39 is 0 Å². The van der Waals surface area contributed by atoms with Crippen LogP contribution in [0.5, 0.6) is 5.75 Å². The molecule has 0 heterocycles. The number of hydrogen-bond acceptors (Lipinski definition) is 3. The zero-order valence-electron chi connectivity index (χ0n) is 10.8. The van der Waals surface area contributed by atoms with Gasteiger partial charge in [0.05, 0.1) is 13.2 Å². The van der Waals surface area contributed by atoms with Crippen molar-refractivity contribution in [3.63, 3.8) is 0 Å². The molecule has 1 aromatic rings. The zero-order valence-corrected chi connectivity index (χ0v) is 10.8. The minimum absolute atomic E-state index is 0.0658. The first-order valence-electron chi connectivity index (χ1n) is 6.00. The Hall–Kier alpha value is -1.62. The van der Waals surface area contributed by atoms with Gasteiger partial charge in [0.1, 0.15) is 0 Å². The summed E-state index contributed by atoms with van der Waals surface area (Å²) in [5.41, 5.74) is 0.834. The predicted octanol–water partition coefficient (Wildman–Crippen LogP) is 1.10. The van der Waals surface area contributed by atoms with Gasteiger partial charge in [0.25, 0.3) is 0 Å². The lowest BCUT2D eigenvalue weighted by Gasteiger charge is -2.08. The van der Waals surface area contributed by atoms with Gasteiger partial charge < -0.3 is 15.4 Å². The zero-order chi connectivity index (χ0) is 13.4. The molecular formula is C13H19FN2O2. The third-order valence-electron chi connectivity index (χ3n) is 2.37. The molecule has 100 valence electrons.